The summed E-state index contributed by atoms with van der Waals surface area (Å²) in [6.45, 7) is 9.43. The molecule has 17 heavy (non-hydrogen) atoms. The molecule has 96 valence electrons. The van der Waals surface area contributed by atoms with Crippen molar-refractivity contribution in [3.63, 3.8) is 0 Å². The van der Waals surface area contributed by atoms with Crippen LogP contribution in [-0.2, 0) is 6.54 Å². The van der Waals surface area contributed by atoms with Crippen LogP contribution in [0.15, 0.2) is 4.42 Å². The maximum absolute atomic E-state index is 5.60. The summed E-state index contributed by atoms with van der Waals surface area (Å²) in [6.07, 6.45) is 5.28. The minimum atomic E-state index is 0.398. The van der Waals surface area contributed by atoms with Gasteiger partial charge in [0.05, 0.1) is 12.2 Å². The van der Waals surface area contributed by atoms with E-state index in [1.54, 1.807) is 0 Å². The molecule has 2 rings (SSSR count). The van der Waals surface area contributed by atoms with Crippen LogP contribution in [0, 0.1) is 19.3 Å². The van der Waals surface area contributed by atoms with E-state index in [1.165, 1.54) is 25.7 Å². The van der Waals surface area contributed by atoms with Crippen LogP contribution in [0.5, 0.6) is 0 Å². The third-order valence-electron chi connectivity index (χ3n) is 4.08. The summed E-state index contributed by atoms with van der Waals surface area (Å²) in [5.41, 5.74) is 1.40. The van der Waals surface area contributed by atoms with Gasteiger partial charge in [0.25, 0.3) is 0 Å². The molecule has 0 aliphatic heterocycles. The molecule has 1 unspecified atom stereocenters. The zero-order valence-electron chi connectivity index (χ0n) is 11.5. The maximum atomic E-state index is 5.60. The zero-order valence-corrected chi connectivity index (χ0v) is 11.5. The standard InChI is InChI=1S/C14H24N2O/c1-10-11(2)17-13(16-10)9-15-12-7-5-6-8-14(12,3)4/h12,15H,5-9H2,1-4H3. The van der Waals surface area contributed by atoms with E-state index < -0.39 is 0 Å². The Morgan fingerprint density at radius 2 is 2.12 bits per heavy atom. The van der Waals surface area contributed by atoms with E-state index in [0.717, 1.165) is 23.9 Å². The van der Waals surface area contributed by atoms with Crippen molar-refractivity contribution < 1.29 is 4.42 Å². The molecule has 1 atom stereocenters. The first kappa shape index (κ1) is 12.6. The molecular weight excluding hydrogens is 212 g/mol. The van der Waals surface area contributed by atoms with Crippen LogP contribution in [0.4, 0.5) is 0 Å². The number of oxazole rings is 1. The Bertz CT molecular complexity index is 362. The van der Waals surface area contributed by atoms with Crippen LogP contribution in [0.25, 0.3) is 0 Å². The fourth-order valence-corrected chi connectivity index (χ4v) is 2.70. The molecule has 3 heteroatoms. The number of nitrogens with zero attached hydrogens (tertiary/aromatic N) is 1. The Labute approximate surface area is 104 Å². The molecule has 1 aliphatic carbocycles. The van der Waals surface area contributed by atoms with Crippen LogP contribution in [-0.4, -0.2) is 11.0 Å². The van der Waals surface area contributed by atoms with Crippen LogP contribution >= 0.6 is 0 Å². The molecule has 1 saturated carbocycles. The second kappa shape index (κ2) is 4.81. The summed E-state index contributed by atoms with van der Waals surface area (Å²) in [7, 11) is 0. The highest BCUT2D eigenvalue weighted by molar-refractivity contribution is 5.05. The van der Waals surface area contributed by atoms with Gasteiger partial charge in [-0.05, 0) is 32.1 Å². The van der Waals surface area contributed by atoms with E-state index in [2.05, 4.69) is 24.1 Å². The summed E-state index contributed by atoms with van der Waals surface area (Å²) in [4.78, 5) is 4.41. The van der Waals surface area contributed by atoms with Crippen molar-refractivity contribution in [2.24, 2.45) is 5.41 Å². The van der Waals surface area contributed by atoms with E-state index >= 15 is 0 Å². The van der Waals surface area contributed by atoms with Gasteiger partial charge in [0.15, 0.2) is 0 Å². The highest BCUT2D eigenvalue weighted by Crippen LogP contribution is 2.35. The van der Waals surface area contributed by atoms with Gasteiger partial charge in [-0.2, -0.15) is 0 Å². The Hall–Kier alpha value is -0.830. The van der Waals surface area contributed by atoms with E-state index in [4.69, 9.17) is 4.42 Å². The largest absolute Gasteiger partial charge is 0.444 e. The topological polar surface area (TPSA) is 38.1 Å². The Kier molecular flexibility index (Phi) is 3.57. The second-order valence-corrected chi connectivity index (χ2v) is 5.92. The number of nitrogens with one attached hydrogen (secondary N) is 1. The first-order chi connectivity index (χ1) is 7.99. The average molecular weight is 236 g/mol. The normalized spacial score (nSPS) is 23.9. The summed E-state index contributed by atoms with van der Waals surface area (Å²) in [6, 6.07) is 0.587. The Balaban J connectivity index is 1.93. The van der Waals surface area contributed by atoms with Crippen LogP contribution < -0.4 is 5.32 Å². The summed E-state index contributed by atoms with van der Waals surface area (Å²) in [5, 5.41) is 3.61. The molecule has 1 aromatic heterocycles. The highest BCUT2D eigenvalue weighted by atomic mass is 16.4. The molecule has 1 fully saturated rings. The molecule has 1 N–H and O–H groups in total. The van der Waals surface area contributed by atoms with Crippen molar-refractivity contribution >= 4 is 0 Å². The van der Waals surface area contributed by atoms with Crippen LogP contribution in [0.2, 0.25) is 0 Å². The summed E-state index contributed by atoms with van der Waals surface area (Å²) < 4.78 is 5.60. The summed E-state index contributed by atoms with van der Waals surface area (Å²) in [5.74, 6) is 1.76. The lowest BCUT2D eigenvalue weighted by Crippen LogP contribution is -2.43. The smallest absolute Gasteiger partial charge is 0.208 e. The number of aromatic nitrogens is 1. The van der Waals surface area contributed by atoms with Gasteiger partial charge in [-0.1, -0.05) is 26.7 Å². The van der Waals surface area contributed by atoms with E-state index in [9.17, 15) is 0 Å². The number of rotatable bonds is 3. The van der Waals surface area contributed by atoms with Crippen molar-refractivity contribution in [3.05, 3.63) is 17.3 Å². The van der Waals surface area contributed by atoms with Crippen molar-refractivity contribution in [2.45, 2.75) is 66.0 Å². The lowest BCUT2D eigenvalue weighted by Gasteiger charge is -2.39. The first-order valence-corrected chi connectivity index (χ1v) is 6.65. The molecule has 0 radical (unpaired) electrons. The van der Waals surface area contributed by atoms with Crippen molar-refractivity contribution in [2.75, 3.05) is 0 Å². The van der Waals surface area contributed by atoms with Crippen molar-refractivity contribution in [1.29, 1.82) is 0 Å². The molecule has 0 saturated heterocycles. The molecule has 0 amide bonds. The van der Waals surface area contributed by atoms with Gasteiger partial charge in [0.2, 0.25) is 5.89 Å². The van der Waals surface area contributed by atoms with Crippen LogP contribution in [0.3, 0.4) is 0 Å². The van der Waals surface area contributed by atoms with Gasteiger partial charge in [-0.3, -0.25) is 0 Å². The minimum Gasteiger partial charge on any atom is -0.444 e. The lowest BCUT2D eigenvalue weighted by molar-refractivity contribution is 0.163. The lowest BCUT2D eigenvalue weighted by atomic mass is 9.73. The van der Waals surface area contributed by atoms with Crippen LogP contribution in [0.1, 0.15) is 56.9 Å². The quantitative estimate of drug-likeness (QED) is 0.874. The third kappa shape index (κ3) is 2.89. The monoisotopic (exact) mass is 236 g/mol. The van der Waals surface area contributed by atoms with Gasteiger partial charge >= 0.3 is 0 Å². The van der Waals surface area contributed by atoms with Crippen molar-refractivity contribution in [1.82, 2.24) is 10.3 Å². The Morgan fingerprint density at radius 1 is 1.35 bits per heavy atom. The SMILES string of the molecule is Cc1nc(CNC2CCCCC2(C)C)oc1C. The Morgan fingerprint density at radius 3 is 2.71 bits per heavy atom. The predicted octanol–water partition coefficient (Wildman–Crippen LogP) is 3.35. The molecule has 3 nitrogen and oxygen atoms in total. The zero-order chi connectivity index (χ0) is 12.5. The predicted molar refractivity (Wildman–Crippen MR) is 68.9 cm³/mol. The molecule has 1 heterocycles. The van der Waals surface area contributed by atoms with Gasteiger partial charge in [-0.15, -0.1) is 0 Å². The number of hydrogen-bond acceptors (Lipinski definition) is 3. The molecular formula is C14H24N2O. The molecule has 1 aromatic rings. The molecule has 1 aliphatic rings. The second-order valence-electron chi connectivity index (χ2n) is 5.92. The fourth-order valence-electron chi connectivity index (χ4n) is 2.70. The maximum Gasteiger partial charge on any atom is 0.208 e. The first-order valence-electron chi connectivity index (χ1n) is 6.65. The fraction of sp³-hybridized carbons (Fsp3) is 0.786. The van der Waals surface area contributed by atoms with Crippen molar-refractivity contribution in [3.8, 4) is 0 Å². The summed E-state index contributed by atoms with van der Waals surface area (Å²) >= 11 is 0. The van der Waals surface area contributed by atoms with Gasteiger partial charge in [-0.25, -0.2) is 4.98 Å². The highest BCUT2D eigenvalue weighted by Gasteiger charge is 2.31. The molecule has 0 spiro atoms. The number of hydrogen-bond donors (Lipinski definition) is 1. The number of aryl methyl sites for hydroxylation is 2. The minimum absolute atomic E-state index is 0.398. The third-order valence-corrected chi connectivity index (χ3v) is 4.08. The van der Waals surface area contributed by atoms with Gasteiger partial charge in [0.1, 0.15) is 5.76 Å². The van der Waals surface area contributed by atoms with E-state index in [0.29, 0.717) is 11.5 Å². The molecule has 0 aromatic carbocycles. The van der Waals surface area contributed by atoms with Gasteiger partial charge < -0.3 is 9.73 Å². The molecule has 0 bridgehead atoms. The van der Waals surface area contributed by atoms with E-state index in [-0.39, 0.29) is 0 Å². The van der Waals surface area contributed by atoms with E-state index in [1.807, 2.05) is 13.8 Å². The average Bonchev–Trinajstić information content (AvgIpc) is 2.56. The van der Waals surface area contributed by atoms with Gasteiger partial charge in [0, 0.05) is 6.04 Å².